The molecule has 0 spiro atoms. The van der Waals surface area contributed by atoms with Gasteiger partial charge in [-0.25, -0.2) is 8.42 Å². The summed E-state index contributed by atoms with van der Waals surface area (Å²) in [5, 5.41) is 20.5. The fraction of sp³-hybridized carbons (Fsp3) is 0.400. The van der Waals surface area contributed by atoms with Gasteiger partial charge < -0.3 is 4.42 Å². The summed E-state index contributed by atoms with van der Waals surface area (Å²) in [6, 6.07) is 7.52. The largest absolute Gasteiger partial charge is 0.461 e. The van der Waals surface area contributed by atoms with Crippen LogP contribution >= 0.6 is 11.8 Å². The molecule has 1 saturated heterocycles. The van der Waals surface area contributed by atoms with E-state index in [9.17, 15) is 18.5 Å². The predicted octanol–water partition coefficient (Wildman–Crippen LogP) is 4.04. The second kappa shape index (κ2) is 9.04. The van der Waals surface area contributed by atoms with Crippen LogP contribution in [-0.2, 0) is 16.6 Å². The number of nitro benzene ring substituents is 1. The average molecular weight is 478 g/mol. The number of piperidine rings is 1. The quantitative estimate of drug-likeness (QED) is 0.369. The van der Waals surface area contributed by atoms with Gasteiger partial charge in [0.25, 0.3) is 5.69 Å². The Morgan fingerprint density at radius 1 is 1.31 bits per heavy atom. The lowest BCUT2D eigenvalue weighted by Crippen LogP contribution is -2.39. The molecular weight excluding hydrogens is 454 g/mol. The van der Waals surface area contributed by atoms with Crippen LogP contribution in [0.15, 0.2) is 56.0 Å². The minimum atomic E-state index is -3.80. The van der Waals surface area contributed by atoms with E-state index in [4.69, 9.17) is 4.42 Å². The first-order valence-corrected chi connectivity index (χ1v) is 12.5. The van der Waals surface area contributed by atoms with Crippen molar-refractivity contribution in [1.29, 1.82) is 0 Å². The maximum atomic E-state index is 13.1. The third-order valence-corrected chi connectivity index (χ3v) is 8.27. The molecule has 0 bridgehead atoms. The Kier molecular flexibility index (Phi) is 6.35. The zero-order chi connectivity index (χ0) is 22.9. The minimum absolute atomic E-state index is 0.0733. The molecule has 3 aromatic rings. The van der Waals surface area contributed by atoms with Gasteiger partial charge in [0, 0.05) is 25.7 Å². The van der Waals surface area contributed by atoms with Crippen LogP contribution in [0.2, 0.25) is 0 Å². The van der Waals surface area contributed by atoms with E-state index in [1.807, 2.05) is 13.8 Å². The summed E-state index contributed by atoms with van der Waals surface area (Å²) in [5.74, 6) is 1.31. The van der Waals surface area contributed by atoms with Crippen LogP contribution in [0.4, 0.5) is 5.69 Å². The lowest BCUT2D eigenvalue weighted by molar-refractivity contribution is -0.388. The second-order valence-electron chi connectivity index (χ2n) is 7.63. The van der Waals surface area contributed by atoms with Crippen molar-refractivity contribution in [2.45, 2.75) is 48.2 Å². The molecule has 1 aliphatic heterocycles. The van der Waals surface area contributed by atoms with Crippen molar-refractivity contribution < 1.29 is 17.8 Å². The third-order valence-electron chi connectivity index (χ3n) is 5.36. The summed E-state index contributed by atoms with van der Waals surface area (Å²) in [5.41, 5.74) is -0.286. The molecule has 2 aromatic heterocycles. The molecule has 32 heavy (non-hydrogen) atoms. The normalized spacial score (nSPS) is 17.5. The third kappa shape index (κ3) is 4.30. The molecule has 0 amide bonds. The number of rotatable bonds is 7. The van der Waals surface area contributed by atoms with Crippen LogP contribution in [0.25, 0.3) is 11.6 Å². The SMILES string of the molecule is CCn1c(Sc2ccc(S(=O)(=O)N3CCCC(C)C3)cc2[N+](=O)[O-])nnc1-c1ccco1. The number of furan rings is 1. The molecule has 10 nitrogen and oxygen atoms in total. The van der Waals surface area contributed by atoms with Crippen molar-refractivity contribution in [3.05, 3.63) is 46.7 Å². The number of benzene rings is 1. The Morgan fingerprint density at radius 3 is 2.78 bits per heavy atom. The van der Waals surface area contributed by atoms with E-state index in [1.165, 1.54) is 22.7 Å². The molecule has 1 fully saturated rings. The fourth-order valence-corrected chi connectivity index (χ4v) is 6.33. The second-order valence-corrected chi connectivity index (χ2v) is 10.6. The van der Waals surface area contributed by atoms with Crippen LogP contribution in [0.1, 0.15) is 26.7 Å². The van der Waals surface area contributed by atoms with Crippen LogP contribution in [0.5, 0.6) is 0 Å². The molecule has 4 rings (SSSR count). The average Bonchev–Trinajstić information content (AvgIpc) is 3.43. The smallest absolute Gasteiger partial charge is 0.284 e. The van der Waals surface area contributed by atoms with E-state index >= 15 is 0 Å². The maximum absolute atomic E-state index is 13.1. The Hall–Kier alpha value is -2.70. The van der Waals surface area contributed by atoms with Gasteiger partial charge in [-0.1, -0.05) is 6.92 Å². The summed E-state index contributed by atoms with van der Waals surface area (Å²) < 4.78 is 34.7. The standard InChI is InChI=1S/C20H23N5O5S2/c1-3-24-19(17-7-5-11-30-17)21-22-20(24)31-18-9-8-15(12-16(18)25(26)27)32(28,29)23-10-4-6-14(2)13-23/h5,7-9,11-12,14H,3-4,6,10,13H2,1-2H3. The van der Waals surface area contributed by atoms with E-state index < -0.39 is 14.9 Å². The zero-order valence-electron chi connectivity index (χ0n) is 17.7. The highest BCUT2D eigenvalue weighted by molar-refractivity contribution is 7.99. The summed E-state index contributed by atoms with van der Waals surface area (Å²) >= 11 is 1.06. The van der Waals surface area contributed by atoms with Crippen molar-refractivity contribution in [3.63, 3.8) is 0 Å². The molecule has 12 heteroatoms. The first-order valence-electron chi connectivity index (χ1n) is 10.2. The van der Waals surface area contributed by atoms with Crippen LogP contribution < -0.4 is 0 Å². The number of sulfonamides is 1. The van der Waals surface area contributed by atoms with Gasteiger partial charge in [-0.2, -0.15) is 4.31 Å². The topological polar surface area (TPSA) is 124 Å². The Balaban J connectivity index is 1.67. The molecule has 1 aromatic carbocycles. The molecule has 0 saturated carbocycles. The summed E-state index contributed by atoms with van der Waals surface area (Å²) in [6.07, 6.45) is 3.28. The van der Waals surface area contributed by atoms with Crippen LogP contribution in [0, 0.1) is 16.0 Å². The number of hydrogen-bond acceptors (Lipinski definition) is 8. The van der Waals surface area contributed by atoms with E-state index in [-0.39, 0.29) is 21.4 Å². The first kappa shape index (κ1) is 22.5. The highest BCUT2D eigenvalue weighted by Gasteiger charge is 2.31. The van der Waals surface area contributed by atoms with Gasteiger partial charge in [-0.3, -0.25) is 14.7 Å². The summed E-state index contributed by atoms with van der Waals surface area (Å²) in [6.45, 7) is 5.28. The van der Waals surface area contributed by atoms with Crippen molar-refractivity contribution >= 4 is 27.5 Å². The maximum Gasteiger partial charge on any atom is 0.284 e. The van der Waals surface area contributed by atoms with E-state index in [2.05, 4.69) is 10.2 Å². The van der Waals surface area contributed by atoms with E-state index in [1.54, 1.807) is 16.7 Å². The molecule has 0 aliphatic carbocycles. The van der Waals surface area contributed by atoms with Gasteiger partial charge >= 0.3 is 0 Å². The van der Waals surface area contributed by atoms with Gasteiger partial charge in [0.15, 0.2) is 16.7 Å². The lowest BCUT2D eigenvalue weighted by Gasteiger charge is -2.30. The van der Waals surface area contributed by atoms with Gasteiger partial charge in [-0.15, -0.1) is 10.2 Å². The molecule has 1 aliphatic rings. The number of nitro groups is 1. The Labute approximate surface area is 189 Å². The fourth-order valence-electron chi connectivity index (χ4n) is 3.74. The van der Waals surface area contributed by atoms with Crippen LogP contribution in [0.3, 0.4) is 0 Å². The van der Waals surface area contributed by atoms with E-state index in [0.29, 0.717) is 36.4 Å². The van der Waals surface area contributed by atoms with Gasteiger partial charge in [0.05, 0.1) is 21.0 Å². The number of hydrogen-bond donors (Lipinski definition) is 0. The van der Waals surface area contributed by atoms with Gasteiger partial charge in [0.1, 0.15) is 0 Å². The predicted molar refractivity (Wildman–Crippen MR) is 118 cm³/mol. The Bertz CT molecular complexity index is 1220. The zero-order valence-corrected chi connectivity index (χ0v) is 19.3. The van der Waals surface area contributed by atoms with Crippen LogP contribution in [-0.4, -0.2) is 45.5 Å². The highest BCUT2D eigenvalue weighted by Crippen LogP contribution is 2.37. The van der Waals surface area contributed by atoms with Crippen molar-refractivity contribution in [2.24, 2.45) is 5.92 Å². The molecule has 3 heterocycles. The molecular formula is C20H23N5O5S2. The van der Waals surface area contributed by atoms with Crippen molar-refractivity contribution in [3.8, 4) is 11.6 Å². The molecule has 0 N–H and O–H groups in total. The Morgan fingerprint density at radius 2 is 2.12 bits per heavy atom. The molecule has 0 radical (unpaired) electrons. The minimum Gasteiger partial charge on any atom is -0.461 e. The summed E-state index contributed by atoms with van der Waals surface area (Å²) in [4.78, 5) is 11.4. The molecule has 1 unspecified atom stereocenters. The first-order chi connectivity index (χ1) is 15.3. The monoisotopic (exact) mass is 477 g/mol. The van der Waals surface area contributed by atoms with E-state index in [0.717, 1.165) is 30.7 Å². The van der Waals surface area contributed by atoms with Crippen molar-refractivity contribution in [1.82, 2.24) is 19.1 Å². The number of nitrogens with zero attached hydrogens (tertiary/aromatic N) is 5. The van der Waals surface area contributed by atoms with Gasteiger partial charge in [0.2, 0.25) is 10.0 Å². The number of aromatic nitrogens is 3. The highest BCUT2D eigenvalue weighted by atomic mass is 32.2. The summed E-state index contributed by atoms with van der Waals surface area (Å²) in [7, 11) is -3.80. The van der Waals surface area contributed by atoms with Gasteiger partial charge in [-0.05, 0) is 61.7 Å². The molecule has 1 atom stereocenters. The van der Waals surface area contributed by atoms with Crippen molar-refractivity contribution in [2.75, 3.05) is 13.1 Å². The lowest BCUT2D eigenvalue weighted by atomic mass is 10.0. The molecule has 170 valence electrons.